The molecule has 0 fully saturated rings. The molecule has 0 radical (unpaired) electrons. The van der Waals surface area contributed by atoms with Crippen molar-refractivity contribution in [3.63, 3.8) is 0 Å². The van der Waals surface area contributed by atoms with Crippen LogP contribution in [0.2, 0.25) is 0 Å². The molecule has 1 amide bonds. The smallest absolute Gasteiger partial charge is 0.354 e. The number of benzene rings is 2. The number of nitrogens with zero attached hydrogens (tertiary/aromatic N) is 1. The third-order valence-corrected chi connectivity index (χ3v) is 7.08. The number of hydrogen-bond donors (Lipinski definition) is 1. The van der Waals surface area contributed by atoms with E-state index in [9.17, 15) is 26.4 Å². The minimum Gasteiger partial charge on any atom is -0.354 e. The van der Waals surface area contributed by atoms with Gasteiger partial charge in [-0.05, 0) is 43.5 Å². The highest BCUT2D eigenvalue weighted by Crippen LogP contribution is 2.33. The summed E-state index contributed by atoms with van der Waals surface area (Å²) in [5, 5.41) is 2.56. The van der Waals surface area contributed by atoms with Crippen LogP contribution in [0.15, 0.2) is 48.5 Å². The molecule has 0 saturated heterocycles. The van der Waals surface area contributed by atoms with E-state index in [4.69, 9.17) is 0 Å². The highest BCUT2D eigenvalue weighted by molar-refractivity contribution is 7.92. The van der Waals surface area contributed by atoms with E-state index in [-0.39, 0.29) is 17.9 Å². The number of carbonyl (C=O) groups excluding carboxylic acids is 1. The Balaban J connectivity index is 1.65. The van der Waals surface area contributed by atoms with E-state index >= 15 is 0 Å². The van der Waals surface area contributed by atoms with Crippen LogP contribution in [0, 0.1) is 0 Å². The minimum atomic E-state index is -4.51. The predicted octanol–water partition coefficient (Wildman–Crippen LogP) is 3.49. The molecule has 0 aliphatic carbocycles. The van der Waals surface area contributed by atoms with E-state index in [1.54, 1.807) is 12.1 Å². The molecule has 1 aliphatic heterocycles. The van der Waals surface area contributed by atoms with E-state index in [1.807, 2.05) is 12.1 Å². The average Bonchev–Trinajstić information content (AvgIpc) is 3.12. The maximum atomic E-state index is 13.0. The van der Waals surface area contributed by atoms with Crippen LogP contribution in [0.3, 0.4) is 0 Å². The van der Waals surface area contributed by atoms with Crippen LogP contribution >= 0.6 is 0 Å². The van der Waals surface area contributed by atoms with Gasteiger partial charge in [0.2, 0.25) is 15.9 Å². The lowest BCUT2D eigenvalue weighted by Gasteiger charge is -2.25. The predicted molar refractivity (Wildman–Crippen MR) is 109 cm³/mol. The number of nitrogens with one attached hydrogen (secondary N) is 1. The minimum absolute atomic E-state index is 0.137. The van der Waals surface area contributed by atoms with Crippen molar-refractivity contribution in [3.05, 3.63) is 65.2 Å². The van der Waals surface area contributed by atoms with Gasteiger partial charge in [-0.15, -0.1) is 0 Å². The zero-order valence-electron chi connectivity index (χ0n) is 16.7. The topological polar surface area (TPSA) is 66.5 Å². The number of hydrogen-bond acceptors (Lipinski definition) is 3. The van der Waals surface area contributed by atoms with Crippen LogP contribution in [0.25, 0.3) is 0 Å². The molecular formula is C21H23F3N2O3S. The highest BCUT2D eigenvalue weighted by atomic mass is 32.2. The number of anilines is 1. The largest absolute Gasteiger partial charge is 0.416 e. The van der Waals surface area contributed by atoms with Crippen LogP contribution in [-0.2, 0) is 32.8 Å². The van der Waals surface area contributed by atoms with Crippen molar-refractivity contribution in [1.29, 1.82) is 0 Å². The molecule has 0 unspecified atom stereocenters. The van der Waals surface area contributed by atoms with Crippen LogP contribution in [0.1, 0.15) is 30.5 Å². The van der Waals surface area contributed by atoms with Crippen molar-refractivity contribution in [2.75, 3.05) is 23.1 Å². The van der Waals surface area contributed by atoms with Crippen LogP contribution < -0.4 is 9.62 Å². The van der Waals surface area contributed by atoms with E-state index in [0.717, 1.165) is 17.7 Å². The van der Waals surface area contributed by atoms with Gasteiger partial charge < -0.3 is 5.32 Å². The highest BCUT2D eigenvalue weighted by Gasteiger charge is 2.35. The number of fused-ring (bicyclic) bond motifs is 1. The van der Waals surface area contributed by atoms with Crippen molar-refractivity contribution < 1.29 is 26.4 Å². The Bertz CT molecular complexity index is 1050. The molecule has 3 rings (SSSR count). The number of sulfonamides is 1. The lowest BCUT2D eigenvalue weighted by molar-refractivity contribution is -0.137. The fraction of sp³-hybridized carbons (Fsp3) is 0.381. The average molecular weight is 440 g/mol. The second-order valence-electron chi connectivity index (χ2n) is 7.73. The van der Waals surface area contributed by atoms with Gasteiger partial charge in [0.25, 0.3) is 0 Å². The van der Waals surface area contributed by atoms with Crippen LogP contribution in [0.4, 0.5) is 18.9 Å². The van der Waals surface area contributed by atoms with E-state index in [0.29, 0.717) is 18.7 Å². The maximum Gasteiger partial charge on any atom is 0.416 e. The fourth-order valence-electron chi connectivity index (χ4n) is 3.44. The van der Waals surface area contributed by atoms with Crippen molar-refractivity contribution in [1.82, 2.24) is 5.32 Å². The first-order valence-electron chi connectivity index (χ1n) is 9.47. The normalized spacial score (nSPS) is 14.5. The second kappa shape index (κ2) is 7.94. The molecule has 1 heterocycles. The Labute approximate surface area is 173 Å². The summed E-state index contributed by atoms with van der Waals surface area (Å²) in [4.78, 5) is 12.6. The van der Waals surface area contributed by atoms with Gasteiger partial charge in [0, 0.05) is 13.1 Å². The molecule has 5 nitrogen and oxygen atoms in total. The van der Waals surface area contributed by atoms with Gasteiger partial charge >= 0.3 is 6.18 Å². The molecule has 0 spiro atoms. The molecule has 1 N–H and O–H groups in total. The van der Waals surface area contributed by atoms with Gasteiger partial charge in [-0.1, -0.05) is 36.4 Å². The van der Waals surface area contributed by atoms with Crippen molar-refractivity contribution in [2.45, 2.75) is 31.9 Å². The molecule has 9 heteroatoms. The quantitative estimate of drug-likeness (QED) is 0.748. The summed E-state index contributed by atoms with van der Waals surface area (Å²) in [6.45, 7) is 3.22. The SMILES string of the molecule is CC(C)(C(=O)NCCS(=O)(=O)N1CCc2ccccc21)c1cccc(C(F)(F)F)c1. The second-order valence-corrected chi connectivity index (χ2v) is 9.74. The molecule has 2 aromatic rings. The summed E-state index contributed by atoms with van der Waals surface area (Å²) in [5.74, 6) is -0.843. The van der Waals surface area contributed by atoms with Gasteiger partial charge in [0.05, 0.1) is 22.4 Å². The standard InChI is InChI=1S/C21H23F3N2O3S/c1-20(2,16-7-5-8-17(14-16)21(22,23)24)19(27)25-11-13-30(28,29)26-12-10-15-6-3-4-9-18(15)26/h3-9,14H,10-13H2,1-2H3,(H,25,27). The molecule has 162 valence electrons. The summed E-state index contributed by atoms with van der Waals surface area (Å²) >= 11 is 0. The zero-order chi connectivity index (χ0) is 22.2. The van der Waals surface area contributed by atoms with Gasteiger partial charge in [0.1, 0.15) is 0 Å². The molecule has 2 aromatic carbocycles. The first-order valence-corrected chi connectivity index (χ1v) is 11.1. The van der Waals surface area contributed by atoms with E-state index in [2.05, 4.69) is 5.32 Å². The third kappa shape index (κ3) is 4.45. The Morgan fingerprint density at radius 1 is 1.07 bits per heavy atom. The monoisotopic (exact) mass is 440 g/mol. The number of amides is 1. The van der Waals surface area contributed by atoms with E-state index < -0.39 is 33.1 Å². The van der Waals surface area contributed by atoms with Crippen molar-refractivity contribution >= 4 is 21.6 Å². The molecule has 0 atom stereocenters. The van der Waals surface area contributed by atoms with Crippen molar-refractivity contribution in [2.24, 2.45) is 0 Å². The Morgan fingerprint density at radius 3 is 2.43 bits per heavy atom. The first-order chi connectivity index (χ1) is 13.9. The lowest BCUT2D eigenvalue weighted by Crippen LogP contribution is -2.43. The Hall–Kier alpha value is -2.55. The Kier molecular flexibility index (Phi) is 5.86. The lowest BCUT2D eigenvalue weighted by atomic mass is 9.83. The van der Waals surface area contributed by atoms with Crippen LogP contribution in [0.5, 0.6) is 0 Å². The number of para-hydroxylation sites is 1. The van der Waals surface area contributed by atoms with Crippen molar-refractivity contribution in [3.8, 4) is 0 Å². The van der Waals surface area contributed by atoms with E-state index in [1.165, 1.54) is 30.3 Å². The zero-order valence-corrected chi connectivity index (χ0v) is 17.5. The summed E-state index contributed by atoms with van der Waals surface area (Å²) in [5.41, 5.74) is -0.295. The summed E-state index contributed by atoms with van der Waals surface area (Å²) in [6, 6.07) is 11.8. The summed E-state index contributed by atoms with van der Waals surface area (Å²) in [6.07, 6.45) is -3.88. The fourth-order valence-corrected chi connectivity index (χ4v) is 4.86. The number of carbonyl (C=O) groups is 1. The maximum absolute atomic E-state index is 13.0. The van der Waals surface area contributed by atoms with Gasteiger partial charge in [0.15, 0.2) is 0 Å². The number of halogens is 3. The first kappa shape index (κ1) is 22.1. The van der Waals surface area contributed by atoms with Gasteiger partial charge in [-0.25, -0.2) is 8.42 Å². The third-order valence-electron chi connectivity index (χ3n) is 5.31. The summed E-state index contributed by atoms with van der Waals surface area (Å²) < 4.78 is 65.7. The van der Waals surface area contributed by atoms with Crippen LogP contribution in [-0.4, -0.2) is 33.2 Å². The molecule has 0 aromatic heterocycles. The molecule has 30 heavy (non-hydrogen) atoms. The molecule has 0 bridgehead atoms. The number of alkyl halides is 3. The molecular weight excluding hydrogens is 417 g/mol. The Morgan fingerprint density at radius 2 is 1.73 bits per heavy atom. The molecule has 1 aliphatic rings. The van der Waals surface area contributed by atoms with Gasteiger partial charge in [-0.3, -0.25) is 9.10 Å². The van der Waals surface area contributed by atoms with Gasteiger partial charge in [-0.2, -0.15) is 13.2 Å². The number of rotatable bonds is 6. The molecule has 0 saturated carbocycles. The summed E-state index contributed by atoms with van der Waals surface area (Å²) in [7, 11) is -3.64.